The predicted molar refractivity (Wildman–Crippen MR) is 101 cm³/mol. The Labute approximate surface area is 153 Å². The van der Waals surface area contributed by atoms with Crippen LogP contribution in [-0.4, -0.2) is 27.1 Å². The van der Waals surface area contributed by atoms with Crippen molar-refractivity contribution in [3.8, 4) is 22.3 Å². The fourth-order valence-corrected chi connectivity index (χ4v) is 3.13. The lowest BCUT2D eigenvalue weighted by Crippen LogP contribution is -2.24. The van der Waals surface area contributed by atoms with Crippen LogP contribution in [-0.2, 0) is 0 Å². The van der Waals surface area contributed by atoms with Crippen LogP contribution < -0.4 is 11.3 Å². The zero-order valence-corrected chi connectivity index (χ0v) is 14.3. The summed E-state index contributed by atoms with van der Waals surface area (Å²) >= 11 is 0. The third-order valence-electron chi connectivity index (χ3n) is 4.30. The largest absolute Gasteiger partial charge is 0.478 e. The summed E-state index contributed by atoms with van der Waals surface area (Å²) in [5, 5.41) is 19.2. The van der Waals surface area contributed by atoms with Crippen molar-refractivity contribution in [2.45, 2.75) is 6.92 Å². The molecule has 0 atom stereocenters. The number of nitrogens with two attached hydrogens (primary N) is 1. The number of rotatable bonds is 4. The zero-order valence-electron chi connectivity index (χ0n) is 14.3. The number of hydrogen-bond acceptors (Lipinski definition) is 4. The van der Waals surface area contributed by atoms with Crippen molar-refractivity contribution in [2.24, 2.45) is 0 Å². The number of anilines is 1. The summed E-state index contributed by atoms with van der Waals surface area (Å²) in [6.07, 6.45) is 0. The fraction of sp³-hybridized carbons (Fsp3) is 0.0500. The van der Waals surface area contributed by atoms with Gasteiger partial charge < -0.3 is 20.9 Å². The Balaban J connectivity index is 2.50. The summed E-state index contributed by atoms with van der Waals surface area (Å²) in [6, 6.07) is 14.1. The maximum absolute atomic E-state index is 12.3. The van der Waals surface area contributed by atoms with Crippen LogP contribution in [0.2, 0.25) is 0 Å². The van der Waals surface area contributed by atoms with Crippen LogP contribution in [0.25, 0.3) is 22.3 Å². The molecule has 0 fully saturated rings. The molecule has 0 unspecified atom stereocenters. The minimum absolute atomic E-state index is 0.213. The van der Waals surface area contributed by atoms with E-state index in [0.29, 0.717) is 11.1 Å². The average Bonchev–Trinajstić information content (AvgIpc) is 2.60. The summed E-state index contributed by atoms with van der Waals surface area (Å²) in [5.74, 6) is -3.36. The molecular weight excluding hydrogens is 348 g/mol. The Morgan fingerprint density at radius 2 is 1.37 bits per heavy atom. The summed E-state index contributed by atoms with van der Waals surface area (Å²) in [6.45, 7) is 1.88. The highest BCUT2D eigenvalue weighted by atomic mass is 16.4. The van der Waals surface area contributed by atoms with Crippen molar-refractivity contribution >= 4 is 17.8 Å². The summed E-state index contributed by atoms with van der Waals surface area (Å²) in [5.41, 5.74) is 6.04. The number of carboxylic acid groups (broad SMARTS) is 2. The molecule has 7 heteroatoms. The second kappa shape index (κ2) is 6.80. The first-order valence-electron chi connectivity index (χ1n) is 8.00. The summed E-state index contributed by atoms with van der Waals surface area (Å²) in [7, 11) is 0. The number of benzene rings is 2. The molecule has 0 radical (unpaired) electrons. The minimum Gasteiger partial charge on any atom is -0.478 e. The maximum atomic E-state index is 12.3. The van der Waals surface area contributed by atoms with Gasteiger partial charge in [-0.25, -0.2) is 9.59 Å². The molecule has 2 aromatic carbocycles. The van der Waals surface area contributed by atoms with Crippen molar-refractivity contribution in [3.05, 3.63) is 75.6 Å². The molecule has 0 saturated heterocycles. The molecule has 136 valence electrons. The Hall–Kier alpha value is -3.87. The maximum Gasteiger partial charge on any atom is 0.342 e. The standard InChI is InChI=1S/C20H16N2O5/c1-10-6-2-3-7-11(10)12-8-4-5-9-13(12)14-15(19(24)25)17(21)22-18(23)16(14)20(26)27/h2-9H,1H3,(H,24,25)(H,26,27)(H3,21,22,23). The lowest BCUT2D eigenvalue weighted by Gasteiger charge is -2.16. The number of aromatic nitrogens is 1. The van der Waals surface area contributed by atoms with Crippen LogP contribution in [0.5, 0.6) is 0 Å². The number of H-pyrrole nitrogens is 1. The highest BCUT2D eigenvalue weighted by molar-refractivity contribution is 6.09. The average molecular weight is 364 g/mol. The van der Waals surface area contributed by atoms with Crippen molar-refractivity contribution in [2.75, 3.05) is 5.73 Å². The second-order valence-electron chi connectivity index (χ2n) is 5.96. The zero-order chi connectivity index (χ0) is 19.7. The minimum atomic E-state index is -1.53. The van der Waals surface area contributed by atoms with Crippen LogP contribution in [0, 0.1) is 6.92 Å². The van der Waals surface area contributed by atoms with Gasteiger partial charge in [0.2, 0.25) is 0 Å². The van der Waals surface area contributed by atoms with Gasteiger partial charge in [0.05, 0.1) is 0 Å². The van der Waals surface area contributed by atoms with Gasteiger partial charge in [0.25, 0.3) is 5.56 Å². The number of nitrogens with one attached hydrogen (secondary N) is 1. The first-order chi connectivity index (χ1) is 12.8. The van der Waals surface area contributed by atoms with Crippen molar-refractivity contribution in [1.82, 2.24) is 4.98 Å². The molecule has 0 aliphatic carbocycles. The number of nitrogen functional groups attached to an aromatic ring is 1. The number of aromatic amines is 1. The first-order valence-corrected chi connectivity index (χ1v) is 8.00. The van der Waals surface area contributed by atoms with Gasteiger partial charge in [-0.15, -0.1) is 0 Å². The highest BCUT2D eigenvalue weighted by Gasteiger charge is 2.28. The molecule has 1 aromatic heterocycles. The topological polar surface area (TPSA) is 133 Å². The SMILES string of the molecule is Cc1ccccc1-c1ccccc1-c1c(C(=O)O)c(N)[nH]c(=O)c1C(=O)O. The molecule has 0 amide bonds. The van der Waals surface area contributed by atoms with Gasteiger partial charge in [0, 0.05) is 5.56 Å². The van der Waals surface area contributed by atoms with Crippen molar-refractivity contribution in [3.63, 3.8) is 0 Å². The molecule has 1 heterocycles. The number of carbonyl (C=O) groups is 2. The Bertz CT molecular complexity index is 1130. The Kier molecular flexibility index (Phi) is 4.51. The monoisotopic (exact) mass is 364 g/mol. The van der Waals surface area contributed by atoms with E-state index in [1.54, 1.807) is 24.3 Å². The predicted octanol–water partition coefficient (Wildman–Crippen LogP) is 3.00. The quantitative estimate of drug-likeness (QED) is 0.562. The van der Waals surface area contributed by atoms with E-state index < -0.39 is 34.4 Å². The van der Waals surface area contributed by atoms with Crippen LogP contribution in [0.1, 0.15) is 26.3 Å². The van der Waals surface area contributed by atoms with E-state index in [1.165, 1.54) is 0 Å². The van der Waals surface area contributed by atoms with E-state index in [2.05, 4.69) is 4.98 Å². The second-order valence-corrected chi connectivity index (χ2v) is 5.96. The van der Waals surface area contributed by atoms with Crippen LogP contribution in [0.15, 0.2) is 53.3 Å². The molecule has 0 aliphatic rings. The van der Waals surface area contributed by atoms with Gasteiger partial charge in [0.1, 0.15) is 16.9 Å². The van der Waals surface area contributed by atoms with E-state index in [1.807, 2.05) is 31.2 Å². The smallest absolute Gasteiger partial charge is 0.342 e. The number of carboxylic acids is 2. The fourth-order valence-electron chi connectivity index (χ4n) is 3.13. The van der Waals surface area contributed by atoms with Crippen LogP contribution in [0.3, 0.4) is 0 Å². The van der Waals surface area contributed by atoms with Crippen molar-refractivity contribution < 1.29 is 19.8 Å². The molecule has 0 saturated carbocycles. The normalized spacial score (nSPS) is 10.6. The lowest BCUT2D eigenvalue weighted by molar-refractivity contribution is 0.0695. The van der Waals surface area contributed by atoms with Crippen LogP contribution in [0.4, 0.5) is 5.82 Å². The molecule has 27 heavy (non-hydrogen) atoms. The molecular formula is C20H16N2O5. The number of hydrogen-bond donors (Lipinski definition) is 4. The molecule has 7 nitrogen and oxygen atoms in total. The number of aryl methyl sites for hydroxylation is 1. The van der Waals surface area contributed by atoms with Gasteiger partial charge in [0.15, 0.2) is 0 Å². The number of aromatic carboxylic acids is 2. The molecule has 5 N–H and O–H groups in total. The molecule has 0 aliphatic heterocycles. The molecule has 3 rings (SSSR count). The number of pyridine rings is 1. The van der Waals surface area contributed by atoms with E-state index in [0.717, 1.165) is 11.1 Å². The molecule has 3 aromatic rings. The molecule has 0 bridgehead atoms. The van der Waals surface area contributed by atoms with E-state index >= 15 is 0 Å². The van der Waals surface area contributed by atoms with Crippen LogP contribution >= 0.6 is 0 Å². The summed E-state index contributed by atoms with van der Waals surface area (Å²) < 4.78 is 0. The lowest BCUT2D eigenvalue weighted by atomic mass is 9.88. The summed E-state index contributed by atoms with van der Waals surface area (Å²) in [4.78, 5) is 38.0. The van der Waals surface area contributed by atoms with Crippen molar-refractivity contribution in [1.29, 1.82) is 0 Å². The third-order valence-corrected chi connectivity index (χ3v) is 4.30. The van der Waals surface area contributed by atoms with Gasteiger partial charge >= 0.3 is 11.9 Å². The van der Waals surface area contributed by atoms with Gasteiger partial charge in [-0.05, 0) is 29.2 Å². The Morgan fingerprint density at radius 3 is 1.93 bits per heavy atom. The van der Waals surface area contributed by atoms with E-state index in [4.69, 9.17) is 5.73 Å². The first kappa shape index (κ1) is 17.9. The highest BCUT2D eigenvalue weighted by Crippen LogP contribution is 2.37. The van der Waals surface area contributed by atoms with Gasteiger partial charge in [-0.1, -0.05) is 48.5 Å². The van der Waals surface area contributed by atoms with Gasteiger partial charge in [-0.3, -0.25) is 4.79 Å². The van der Waals surface area contributed by atoms with Gasteiger partial charge in [-0.2, -0.15) is 0 Å². The Morgan fingerprint density at radius 1 is 0.852 bits per heavy atom. The molecule has 0 spiro atoms. The third kappa shape index (κ3) is 3.06. The van der Waals surface area contributed by atoms with E-state index in [-0.39, 0.29) is 5.56 Å². The van der Waals surface area contributed by atoms with E-state index in [9.17, 15) is 24.6 Å².